The number of rotatable bonds is 3. The molecular formula is C11H18O2S. The first-order valence-electron chi connectivity index (χ1n) is 5.07. The molecule has 3 heteroatoms. The van der Waals surface area contributed by atoms with E-state index in [0.717, 1.165) is 12.8 Å². The lowest BCUT2D eigenvalue weighted by molar-refractivity contribution is -0.112. The molecular weight excluding hydrogens is 196 g/mol. The third-order valence-electron chi connectivity index (χ3n) is 2.54. The summed E-state index contributed by atoms with van der Waals surface area (Å²) in [5.41, 5.74) is 0. The van der Waals surface area contributed by atoms with Crippen LogP contribution in [0.3, 0.4) is 0 Å². The van der Waals surface area contributed by atoms with Gasteiger partial charge < -0.3 is 4.74 Å². The molecule has 0 aromatic heterocycles. The molecule has 0 radical (unpaired) electrons. The zero-order valence-corrected chi connectivity index (χ0v) is 9.68. The number of carbonyl (C=O) groups excluding carboxylic acids is 1. The van der Waals surface area contributed by atoms with E-state index in [1.54, 1.807) is 0 Å². The normalized spacial score (nSPS) is 24.3. The molecule has 0 bridgehead atoms. The summed E-state index contributed by atoms with van der Waals surface area (Å²) >= 11 is 1.31. The lowest BCUT2D eigenvalue weighted by atomic mass is 9.98. The first kappa shape index (κ1) is 11.8. The monoisotopic (exact) mass is 214 g/mol. The number of hydrogen-bond donors (Lipinski definition) is 0. The Hall–Kier alpha value is -0.280. The smallest absolute Gasteiger partial charge is 0.189 e. The van der Waals surface area contributed by atoms with E-state index in [9.17, 15) is 4.79 Å². The Morgan fingerprint density at radius 2 is 2.43 bits per heavy atom. The number of ether oxygens (including phenoxy) is 1. The van der Waals surface area contributed by atoms with E-state index in [1.165, 1.54) is 11.8 Å². The van der Waals surface area contributed by atoms with Crippen LogP contribution in [0.15, 0.2) is 12.2 Å². The van der Waals surface area contributed by atoms with E-state index in [-0.39, 0.29) is 11.2 Å². The second kappa shape index (κ2) is 6.25. The van der Waals surface area contributed by atoms with Crippen LogP contribution in [0.25, 0.3) is 0 Å². The molecule has 1 heterocycles. The molecule has 0 aromatic carbocycles. The first-order valence-corrected chi connectivity index (χ1v) is 6.30. The molecule has 0 N–H and O–H groups in total. The molecule has 1 aliphatic heterocycles. The zero-order valence-electron chi connectivity index (χ0n) is 8.86. The Morgan fingerprint density at radius 1 is 1.64 bits per heavy atom. The lowest BCUT2D eigenvalue weighted by Crippen LogP contribution is -2.22. The number of carbonyl (C=O) groups is 1. The SMILES string of the molecule is CSC(=O)C[C@H](C)[C@H]1CCC=CCO1. The summed E-state index contributed by atoms with van der Waals surface area (Å²) in [6.07, 6.45) is 9.05. The lowest BCUT2D eigenvalue weighted by Gasteiger charge is -2.21. The summed E-state index contributed by atoms with van der Waals surface area (Å²) in [4.78, 5) is 11.2. The highest BCUT2D eigenvalue weighted by Crippen LogP contribution is 2.21. The van der Waals surface area contributed by atoms with Crippen LogP contribution in [0.2, 0.25) is 0 Å². The van der Waals surface area contributed by atoms with Crippen molar-refractivity contribution in [2.45, 2.75) is 32.3 Å². The van der Waals surface area contributed by atoms with Crippen molar-refractivity contribution < 1.29 is 9.53 Å². The van der Waals surface area contributed by atoms with Gasteiger partial charge in [-0.15, -0.1) is 0 Å². The van der Waals surface area contributed by atoms with E-state index in [0.29, 0.717) is 18.9 Å². The average Bonchev–Trinajstić information content (AvgIpc) is 2.45. The number of hydrogen-bond acceptors (Lipinski definition) is 3. The fourth-order valence-electron chi connectivity index (χ4n) is 1.64. The van der Waals surface area contributed by atoms with Crippen molar-refractivity contribution in [2.24, 2.45) is 5.92 Å². The van der Waals surface area contributed by atoms with Crippen LogP contribution in [-0.4, -0.2) is 24.1 Å². The molecule has 0 unspecified atom stereocenters. The van der Waals surface area contributed by atoms with E-state index < -0.39 is 0 Å². The van der Waals surface area contributed by atoms with Gasteiger partial charge in [-0.25, -0.2) is 0 Å². The maximum Gasteiger partial charge on any atom is 0.189 e. The summed E-state index contributed by atoms with van der Waals surface area (Å²) in [6.45, 7) is 2.80. The van der Waals surface area contributed by atoms with Crippen LogP contribution in [0.5, 0.6) is 0 Å². The number of thioether (sulfide) groups is 1. The molecule has 0 aromatic rings. The van der Waals surface area contributed by atoms with Gasteiger partial charge in [0.15, 0.2) is 5.12 Å². The van der Waals surface area contributed by atoms with E-state index in [2.05, 4.69) is 19.1 Å². The van der Waals surface area contributed by atoms with Crippen molar-refractivity contribution in [2.75, 3.05) is 12.9 Å². The van der Waals surface area contributed by atoms with Crippen molar-refractivity contribution in [3.63, 3.8) is 0 Å². The van der Waals surface area contributed by atoms with Crippen molar-refractivity contribution in [1.82, 2.24) is 0 Å². The molecule has 0 spiro atoms. The highest BCUT2D eigenvalue weighted by Gasteiger charge is 2.20. The van der Waals surface area contributed by atoms with Gasteiger partial charge in [-0.1, -0.05) is 30.8 Å². The minimum absolute atomic E-state index is 0.251. The van der Waals surface area contributed by atoms with Crippen LogP contribution >= 0.6 is 11.8 Å². The quantitative estimate of drug-likeness (QED) is 0.676. The second-order valence-electron chi connectivity index (χ2n) is 3.68. The van der Waals surface area contributed by atoms with Gasteiger partial charge >= 0.3 is 0 Å². The molecule has 1 aliphatic rings. The topological polar surface area (TPSA) is 26.3 Å². The van der Waals surface area contributed by atoms with Crippen LogP contribution < -0.4 is 0 Å². The molecule has 14 heavy (non-hydrogen) atoms. The van der Waals surface area contributed by atoms with E-state index >= 15 is 0 Å². The van der Waals surface area contributed by atoms with Gasteiger partial charge in [-0.05, 0) is 25.0 Å². The van der Waals surface area contributed by atoms with Crippen molar-refractivity contribution in [3.8, 4) is 0 Å². The van der Waals surface area contributed by atoms with Crippen LogP contribution in [0.4, 0.5) is 0 Å². The van der Waals surface area contributed by atoms with Crippen molar-refractivity contribution in [3.05, 3.63) is 12.2 Å². The third kappa shape index (κ3) is 3.84. The fraction of sp³-hybridized carbons (Fsp3) is 0.727. The second-order valence-corrected chi connectivity index (χ2v) is 4.54. The summed E-state index contributed by atoms with van der Waals surface area (Å²) in [6, 6.07) is 0. The summed E-state index contributed by atoms with van der Waals surface area (Å²) in [7, 11) is 0. The van der Waals surface area contributed by atoms with Crippen LogP contribution in [0.1, 0.15) is 26.2 Å². The standard InChI is InChI=1S/C11H18O2S/c1-9(8-11(12)14-2)10-6-4-3-5-7-13-10/h3,5,9-10H,4,6-8H2,1-2H3/t9-,10+/m0/s1. The molecule has 2 atom stereocenters. The largest absolute Gasteiger partial charge is 0.374 e. The molecule has 0 amide bonds. The predicted molar refractivity (Wildman–Crippen MR) is 60.4 cm³/mol. The molecule has 0 saturated heterocycles. The van der Waals surface area contributed by atoms with Gasteiger partial charge in [0.2, 0.25) is 0 Å². The Bertz CT molecular complexity index is 203. The molecule has 1 rings (SSSR count). The molecule has 2 nitrogen and oxygen atoms in total. The van der Waals surface area contributed by atoms with E-state index in [4.69, 9.17) is 4.74 Å². The van der Waals surface area contributed by atoms with E-state index in [1.807, 2.05) is 6.26 Å². The molecule has 0 fully saturated rings. The van der Waals surface area contributed by atoms with Crippen molar-refractivity contribution in [1.29, 1.82) is 0 Å². The third-order valence-corrected chi connectivity index (χ3v) is 3.16. The molecule has 0 aliphatic carbocycles. The molecule has 0 saturated carbocycles. The van der Waals surface area contributed by atoms with Crippen LogP contribution in [0, 0.1) is 5.92 Å². The molecule has 80 valence electrons. The zero-order chi connectivity index (χ0) is 10.4. The van der Waals surface area contributed by atoms with Gasteiger partial charge in [0, 0.05) is 6.42 Å². The number of allylic oxidation sites excluding steroid dienone is 1. The minimum Gasteiger partial charge on any atom is -0.374 e. The minimum atomic E-state index is 0.251. The summed E-state index contributed by atoms with van der Waals surface area (Å²) in [5, 5.41) is 0.262. The first-order chi connectivity index (χ1) is 6.74. The predicted octanol–water partition coefficient (Wildman–Crippen LogP) is 2.64. The van der Waals surface area contributed by atoms with Gasteiger partial charge in [-0.3, -0.25) is 4.79 Å². The average molecular weight is 214 g/mol. The summed E-state index contributed by atoms with van der Waals surface area (Å²) < 4.78 is 5.66. The highest BCUT2D eigenvalue weighted by molar-refractivity contribution is 8.13. The summed E-state index contributed by atoms with van der Waals surface area (Å²) in [5.74, 6) is 0.342. The Labute approximate surface area is 90.1 Å². The van der Waals surface area contributed by atoms with Gasteiger partial charge in [0.05, 0.1) is 12.7 Å². The maximum atomic E-state index is 11.2. The Kier molecular flexibility index (Phi) is 5.26. The van der Waals surface area contributed by atoms with Gasteiger partial charge in [-0.2, -0.15) is 0 Å². The van der Waals surface area contributed by atoms with Gasteiger partial charge in [0.1, 0.15) is 0 Å². The van der Waals surface area contributed by atoms with Gasteiger partial charge in [0.25, 0.3) is 0 Å². The Morgan fingerprint density at radius 3 is 3.14 bits per heavy atom. The highest BCUT2D eigenvalue weighted by atomic mass is 32.2. The maximum absolute atomic E-state index is 11.2. The van der Waals surface area contributed by atoms with Crippen LogP contribution in [-0.2, 0) is 9.53 Å². The Balaban J connectivity index is 2.35. The fourth-order valence-corrected chi connectivity index (χ4v) is 2.06. The van der Waals surface area contributed by atoms with Crippen molar-refractivity contribution >= 4 is 16.9 Å².